The minimum Gasteiger partial charge on any atom is -0.388 e. The molecular weight excluding hydrogens is 562 g/mol. The number of carbonyl (C=O) groups is 3. The SMILES string of the molecule is CC(=O)c1nn(CC(=O)N2C[C@H](F)C[C@H]2C(=O)Nc2cccc(OC(F)(F)F)n2)c2ccc(-c3cnc(C)nc3)cc12. The average molecular weight is 586 g/mol. The maximum Gasteiger partial charge on any atom is 0.574 e. The molecule has 1 aliphatic rings. The molecule has 0 aliphatic carbocycles. The lowest BCUT2D eigenvalue weighted by Gasteiger charge is -2.23. The number of nitrogens with zero attached hydrogens (tertiary/aromatic N) is 6. The van der Waals surface area contributed by atoms with E-state index in [9.17, 15) is 31.9 Å². The van der Waals surface area contributed by atoms with Gasteiger partial charge in [0.25, 0.3) is 0 Å². The number of hydrogen-bond acceptors (Lipinski definition) is 8. The number of ether oxygens (including phenoxy) is 1. The molecule has 218 valence electrons. The Morgan fingerprint density at radius 1 is 1.10 bits per heavy atom. The normalized spacial score (nSPS) is 17.0. The van der Waals surface area contributed by atoms with Gasteiger partial charge in [0.1, 0.15) is 36.1 Å². The summed E-state index contributed by atoms with van der Waals surface area (Å²) in [6, 6.07) is 7.29. The molecular formula is C27H23F4N7O4. The van der Waals surface area contributed by atoms with Gasteiger partial charge in [0, 0.05) is 42.8 Å². The van der Waals surface area contributed by atoms with Gasteiger partial charge < -0.3 is 15.0 Å². The number of alkyl halides is 4. The number of ketones is 1. The third kappa shape index (κ3) is 6.19. The molecule has 4 aromatic rings. The van der Waals surface area contributed by atoms with Crippen molar-refractivity contribution < 1.29 is 36.7 Å². The second-order valence-corrected chi connectivity index (χ2v) is 9.61. The number of fused-ring (bicyclic) bond motifs is 1. The molecule has 2 atom stereocenters. The molecule has 0 radical (unpaired) electrons. The molecule has 4 heterocycles. The predicted octanol–water partition coefficient (Wildman–Crippen LogP) is 3.88. The fourth-order valence-electron chi connectivity index (χ4n) is 4.68. The van der Waals surface area contributed by atoms with Crippen molar-refractivity contribution in [1.82, 2.24) is 29.6 Å². The van der Waals surface area contributed by atoms with Crippen molar-refractivity contribution in [1.29, 1.82) is 0 Å². The highest BCUT2D eigenvalue weighted by Gasteiger charge is 2.40. The van der Waals surface area contributed by atoms with Gasteiger partial charge in [-0.2, -0.15) is 10.1 Å². The van der Waals surface area contributed by atoms with Gasteiger partial charge in [-0.05, 0) is 30.7 Å². The standard InChI is InChI=1S/C27H23F4N7O4/c1-14(39)25-19-8-16(17-10-32-15(2)33-11-17)6-7-20(19)38(36-25)13-24(40)37-12-18(28)9-21(37)26(41)35-22-4-3-5-23(34-22)42-27(29,30)31/h3-8,10-11,18,21H,9,12-13H2,1-2H3,(H,34,35,41)/t18-,21+/m1/s1. The van der Waals surface area contributed by atoms with E-state index in [1.54, 1.807) is 37.5 Å². The molecule has 42 heavy (non-hydrogen) atoms. The van der Waals surface area contributed by atoms with Crippen molar-refractivity contribution in [2.24, 2.45) is 0 Å². The zero-order valence-corrected chi connectivity index (χ0v) is 22.2. The van der Waals surface area contributed by atoms with Gasteiger partial charge in [0.2, 0.25) is 17.7 Å². The van der Waals surface area contributed by atoms with E-state index in [4.69, 9.17) is 0 Å². The fourth-order valence-corrected chi connectivity index (χ4v) is 4.68. The lowest BCUT2D eigenvalue weighted by atomic mass is 10.0. The summed E-state index contributed by atoms with van der Waals surface area (Å²) in [4.78, 5) is 51.7. The number of rotatable bonds is 7. The van der Waals surface area contributed by atoms with Crippen LogP contribution >= 0.6 is 0 Å². The molecule has 5 rings (SSSR count). The Balaban J connectivity index is 1.37. The monoisotopic (exact) mass is 585 g/mol. The average Bonchev–Trinajstić information content (AvgIpc) is 3.49. The van der Waals surface area contributed by atoms with Crippen LogP contribution in [0.2, 0.25) is 0 Å². The zero-order chi connectivity index (χ0) is 30.2. The minimum atomic E-state index is -4.98. The summed E-state index contributed by atoms with van der Waals surface area (Å²) in [5, 5.41) is 7.13. The molecule has 15 heteroatoms. The summed E-state index contributed by atoms with van der Waals surface area (Å²) < 4.78 is 57.1. The Hall–Kier alpha value is -4.95. The number of aryl methyl sites for hydroxylation is 1. The van der Waals surface area contributed by atoms with Gasteiger partial charge in [0.15, 0.2) is 5.78 Å². The zero-order valence-electron chi connectivity index (χ0n) is 22.2. The lowest BCUT2D eigenvalue weighted by Crippen LogP contribution is -2.44. The van der Waals surface area contributed by atoms with E-state index in [1.165, 1.54) is 23.7 Å². The molecule has 0 saturated carbocycles. The fraction of sp³-hybridized carbons (Fsp3) is 0.296. The number of benzene rings is 1. The van der Waals surface area contributed by atoms with E-state index in [0.717, 1.165) is 16.5 Å². The molecule has 1 saturated heterocycles. The van der Waals surface area contributed by atoms with E-state index in [-0.39, 0.29) is 30.3 Å². The molecule has 1 aromatic carbocycles. The summed E-state index contributed by atoms with van der Waals surface area (Å²) in [7, 11) is 0. The van der Waals surface area contributed by atoms with Gasteiger partial charge in [-0.15, -0.1) is 13.2 Å². The van der Waals surface area contributed by atoms with Crippen molar-refractivity contribution in [2.45, 2.75) is 45.4 Å². The maximum atomic E-state index is 14.5. The van der Waals surface area contributed by atoms with Crippen LogP contribution in [0.25, 0.3) is 22.0 Å². The van der Waals surface area contributed by atoms with Crippen LogP contribution in [0.15, 0.2) is 48.8 Å². The number of carbonyl (C=O) groups excluding carboxylic acids is 3. The van der Waals surface area contributed by atoms with Crippen molar-refractivity contribution in [2.75, 3.05) is 11.9 Å². The van der Waals surface area contributed by atoms with E-state index in [1.807, 2.05) is 0 Å². The molecule has 1 aliphatic heterocycles. The quantitative estimate of drug-likeness (QED) is 0.255. The van der Waals surface area contributed by atoms with Crippen LogP contribution in [-0.2, 0) is 16.1 Å². The van der Waals surface area contributed by atoms with Crippen LogP contribution in [0.1, 0.15) is 29.7 Å². The number of nitrogens with one attached hydrogen (secondary N) is 1. The Morgan fingerprint density at radius 2 is 1.83 bits per heavy atom. The number of halogens is 4. The number of anilines is 1. The first-order valence-corrected chi connectivity index (χ1v) is 12.7. The summed E-state index contributed by atoms with van der Waals surface area (Å²) in [5.74, 6) is -2.29. The molecule has 1 N–H and O–H groups in total. The Labute approximate surface area is 235 Å². The molecule has 0 bridgehead atoms. The maximum absolute atomic E-state index is 14.5. The first-order chi connectivity index (χ1) is 19.9. The third-order valence-electron chi connectivity index (χ3n) is 6.55. The van der Waals surface area contributed by atoms with E-state index >= 15 is 0 Å². The van der Waals surface area contributed by atoms with E-state index in [0.29, 0.717) is 22.3 Å². The van der Waals surface area contributed by atoms with Crippen molar-refractivity contribution in [3.63, 3.8) is 0 Å². The minimum absolute atomic E-state index is 0.124. The second-order valence-electron chi connectivity index (χ2n) is 9.61. The van der Waals surface area contributed by atoms with Gasteiger partial charge in [-0.1, -0.05) is 12.1 Å². The lowest BCUT2D eigenvalue weighted by molar-refractivity contribution is -0.276. The second kappa shape index (κ2) is 11.1. The van der Waals surface area contributed by atoms with Gasteiger partial charge in [-0.3, -0.25) is 19.1 Å². The summed E-state index contributed by atoms with van der Waals surface area (Å²) in [5.41, 5.74) is 2.03. The van der Waals surface area contributed by atoms with Crippen molar-refractivity contribution in [3.05, 3.63) is 60.3 Å². The van der Waals surface area contributed by atoms with E-state index in [2.05, 4.69) is 30.1 Å². The number of pyridine rings is 1. The predicted molar refractivity (Wildman–Crippen MR) is 140 cm³/mol. The number of likely N-dealkylation sites (tertiary alicyclic amines) is 1. The highest BCUT2D eigenvalue weighted by Crippen LogP contribution is 2.28. The van der Waals surface area contributed by atoms with Crippen molar-refractivity contribution >= 4 is 34.3 Å². The highest BCUT2D eigenvalue weighted by atomic mass is 19.4. The Bertz CT molecular complexity index is 1670. The van der Waals surface area contributed by atoms with Gasteiger partial charge in [0.05, 0.1) is 12.1 Å². The number of hydrogen-bond donors (Lipinski definition) is 1. The smallest absolute Gasteiger partial charge is 0.388 e. The molecule has 11 nitrogen and oxygen atoms in total. The number of amides is 2. The molecule has 0 spiro atoms. The molecule has 2 amide bonds. The Morgan fingerprint density at radius 3 is 2.52 bits per heavy atom. The largest absolute Gasteiger partial charge is 0.574 e. The van der Waals surface area contributed by atoms with Gasteiger partial charge in [-0.25, -0.2) is 14.4 Å². The van der Waals surface area contributed by atoms with Crippen LogP contribution in [0.5, 0.6) is 5.88 Å². The molecule has 3 aromatic heterocycles. The third-order valence-corrected chi connectivity index (χ3v) is 6.55. The van der Waals surface area contributed by atoms with Crippen molar-refractivity contribution in [3.8, 4) is 17.0 Å². The number of Topliss-reactive ketones (excluding diaryl/α,β-unsaturated/α-hetero) is 1. The molecule has 1 fully saturated rings. The van der Waals surface area contributed by atoms with Crippen LogP contribution in [0.3, 0.4) is 0 Å². The summed E-state index contributed by atoms with van der Waals surface area (Å²) >= 11 is 0. The van der Waals surface area contributed by atoms with Crippen LogP contribution in [0.4, 0.5) is 23.4 Å². The van der Waals surface area contributed by atoms with Crippen LogP contribution in [-0.4, -0.2) is 72.4 Å². The first kappa shape index (κ1) is 28.6. The number of aromatic nitrogens is 5. The Kier molecular flexibility index (Phi) is 7.58. The van der Waals surface area contributed by atoms with Crippen LogP contribution < -0.4 is 10.1 Å². The molecule has 0 unspecified atom stereocenters. The van der Waals surface area contributed by atoms with Gasteiger partial charge >= 0.3 is 6.36 Å². The first-order valence-electron chi connectivity index (χ1n) is 12.7. The topological polar surface area (TPSA) is 132 Å². The highest BCUT2D eigenvalue weighted by molar-refractivity contribution is 6.06. The van der Waals surface area contributed by atoms with Crippen LogP contribution in [0, 0.1) is 6.92 Å². The summed E-state index contributed by atoms with van der Waals surface area (Å²) in [6.45, 7) is 2.31. The summed E-state index contributed by atoms with van der Waals surface area (Å²) in [6.07, 6.45) is -3.53. The van der Waals surface area contributed by atoms with E-state index < -0.39 is 42.8 Å².